The second-order valence-electron chi connectivity index (χ2n) is 13.9. The zero-order valence-electron chi connectivity index (χ0n) is 26.9. The summed E-state index contributed by atoms with van der Waals surface area (Å²) in [5.74, 6) is -4.73. The third-order valence-electron chi connectivity index (χ3n) is 10.9. The van der Waals surface area contributed by atoms with E-state index in [1.54, 1.807) is 35.2 Å². The van der Waals surface area contributed by atoms with Gasteiger partial charge in [-0.05, 0) is 112 Å². The lowest BCUT2D eigenvalue weighted by molar-refractivity contribution is -0.271. The third kappa shape index (κ3) is 6.42. The Bertz CT molecular complexity index is 1600. The van der Waals surface area contributed by atoms with E-state index in [9.17, 15) is 31.9 Å². The number of alkyl halides is 5. The van der Waals surface area contributed by atoms with Crippen molar-refractivity contribution in [3.05, 3.63) is 60.0 Å². The molecule has 4 aliphatic rings. The fourth-order valence-corrected chi connectivity index (χ4v) is 7.73. The second-order valence-corrected chi connectivity index (χ2v) is 13.9. The van der Waals surface area contributed by atoms with Gasteiger partial charge in [-0.25, -0.2) is 4.39 Å². The van der Waals surface area contributed by atoms with Crippen LogP contribution in [-0.4, -0.2) is 46.1 Å². The molecule has 3 aromatic rings. The molecule has 0 saturated heterocycles. The van der Waals surface area contributed by atoms with E-state index in [-0.39, 0.29) is 42.1 Å². The quantitative estimate of drug-likeness (QED) is 0.228. The van der Waals surface area contributed by atoms with Gasteiger partial charge in [0.25, 0.3) is 5.89 Å². The van der Waals surface area contributed by atoms with Crippen molar-refractivity contribution in [2.24, 2.45) is 11.3 Å². The molecule has 1 heterocycles. The van der Waals surface area contributed by atoms with Crippen LogP contribution in [0.4, 0.5) is 32.0 Å². The summed E-state index contributed by atoms with van der Waals surface area (Å²) >= 11 is 0. The van der Waals surface area contributed by atoms with Gasteiger partial charge in [0.1, 0.15) is 11.6 Å². The first-order valence-corrected chi connectivity index (χ1v) is 16.4. The standard InChI is InChI=1S/C35H39F6N3O4/c1-3-47-25-7-4-22(5-8-25)26-20-24(6-9-27(26)36)44(28(45)23-10-12-34(46,13-11-23)35(39,40)41)21-32-14-17-33(18-15-32,19-16-32)29-42-30(48-43-29)31(2,37)38/h4-9,20,23,46H,3,10-19,21H2,1-2H3. The molecule has 0 radical (unpaired) electrons. The summed E-state index contributed by atoms with van der Waals surface area (Å²) in [4.78, 5) is 19.9. The summed E-state index contributed by atoms with van der Waals surface area (Å²) in [6, 6.07) is 11.3. The van der Waals surface area contributed by atoms with Gasteiger partial charge in [0, 0.05) is 36.1 Å². The monoisotopic (exact) mass is 679 g/mol. The van der Waals surface area contributed by atoms with E-state index < -0.39 is 53.6 Å². The molecule has 1 amide bonds. The number of nitrogens with zero attached hydrogens (tertiary/aromatic N) is 3. The zero-order valence-corrected chi connectivity index (χ0v) is 26.9. The van der Waals surface area contributed by atoms with Gasteiger partial charge in [-0.2, -0.15) is 26.9 Å². The highest BCUT2D eigenvalue weighted by Crippen LogP contribution is 2.58. The molecule has 0 spiro atoms. The van der Waals surface area contributed by atoms with Crippen LogP contribution >= 0.6 is 0 Å². The Balaban J connectivity index is 1.28. The van der Waals surface area contributed by atoms with Gasteiger partial charge in [-0.15, -0.1) is 0 Å². The topological polar surface area (TPSA) is 88.7 Å². The molecule has 2 aromatic carbocycles. The number of anilines is 1. The van der Waals surface area contributed by atoms with Crippen molar-refractivity contribution >= 4 is 11.6 Å². The molecule has 1 N–H and O–H groups in total. The van der Waals surface area contributed by atoms with Gasteiger partial charge < -0.3 is 19.3 Å². The number of benzene rings is 2. The minimum absolute atomic E-state index is 0.142. The first kappa shape index (κ1) is 34.3. The molecule has 4 saturated carbocycles. The average molecular weight is 680 g/mol. The molecule has 0 aliphatic heterocycles. The Morgan fingerprint density at radius 1 is 0.979 bits per heavy atom. The fraction of sp³-hybridized carbons (Fsp3) is 0.571. The molecule has 0 unspecified atom stereocenters. The summed E-state index contributed by atoms with van der Waals surface area (Å²) in [5.41, 5.74) is -2.48. The average Bonchev–Trinajstić information content (AvgIpc) is 3.58. The lowest BCUT2D eigenvalue weighted by Crippen LogP contribution is -2.53. The third-order valence-corrected chi connectivity index (χ3v) is 10.9. The van der Waals surface area contributed by atoms with E-state index in [1.807, 2.05) is 6.92 Å². The van der Waals surface area contributed by atoms with Crippen molar-refractivity contribution in [1.29, 1.82) is 0 Å². The number of carbonyl (C=O) groups is 1. The van der Waals surface area contributed by atoms with Crippen LogP contribution in [0.25, 0.3) is 11.1 Å². The van der Waals surface area contributed by atoms with Gasteiger partial charge in [-0.1, -0.05) is 17.3 Å². The summed E-state index contributed by atoms with van der Waals surface area (Å²) in [7, 11) is 0. The van der Waals surface area contributed by atoms with E-state index in [0.717, 1.165) is 0 Å². The minimum Gasteiger partial charge on any atom is -0.494 e. The van der Waals surface area contributed by atoms with E-state index in [4.69, 9.17) is 9.26 Å². The number of halogens is 6. The van der Waals surface area contributed by atoms with Gasteiger partial charge in [0.2, 0.25) is 5.91 Å². The summed E-state index contributed by atoms with van der Waals surface area (Å²) in [6.45, 7) is 3.27. The van der Waals surface area contributed by atoms with Crippen LogP contribution in [0.15, 0.2) is 47.0 Å². The van der Waals surface area contributed by atoms with Gasteiger partial charge >= 0.3 is 12.1 Å². The van der Waals surface area contributed by atoms with Crippen LogP contribution in [0.5, 0.6) is 5.75 Å². The summed E-state index contributed by atoms with van der Waals surface area (Å²) in [5, 5.41) is 14.2. The molecule has 13 heteroatoms. The first-order chi connectivity index (χ1) is 22.6. The number of rotatable bonds is 9. The lowest BCUT2D eigenvalue weighted by atomic mass is 9.53. The highest BCUT2D eigenvalue weighted by Gasteiger charge is 2.56. The Morgan fingerprint density at radius 2 is 1.60 bits per heavy atom. The second kappa shape index (κ2) is 12.4. The highest BCUT2D eigenvalue weighted by molar-refractivity contribution is 5.96. The van der Waals surface area contributed by atoms with Crippen LogP contribution in [0.3, 0.4) is 0 Å². The Morgan fingerprint density at radius 3 is 2.15 bits per heavy atom. The summed E-state index contributed by atoms with van der Waals surface area (Å²) < 4.78 is 94.1. The number of hydrogen-bond donors (Lipinski definition) is 1. The maximum atomic E-state index is 15.3. The molecular weight excluding hydrogens is 640 g/mol. The molecule has 7 nitrogen and oxygen atoms in total. The molecule has 2 bridgehead atoms. The van der Waals surface area contributed by atoms with E-state index in [2.05, 4.69) is 10.1 Å². The normalized spacial score (nSPS) is 27.6. The molecule has 4 fully saturated rings. The molecule has 4 aliphatic carbocycles. The van der Waals surface area contributed by atoms with Crippen molar-refractivity contribution in [2.75, 3.05) is 18.1 Å². The Hall–Kier alpha value is -3.61. The Kier molecular flexibility index (Phi) is 8.83. The SMILES string of the molecule is CCOc1ccc(-c2cc(N(CC34CCC(c5noc(C(C)(F)F)n5)(CC3)CC4)C(=O)C3CCC(O)(C(F)(F)F)CC3)ccc2F)cc1. The summed E-state index contributed by atoms with van der Waals surface area (Å²) in [6.07, 6.45) is -2.58. The predicted octanol–water partition coefficient (Wildman–Crippen LogP) is 8.49. The smallest absolute Gasteiger partial charge is 0.417 e. The number of carbonyl (C=O) groups excluding carboxylic acids is 1. The molecule has 0 atom stereocenters. The van der Waals surface area contributed by atoms with Crippen LogP contribution in [0.2, 0.25) is 0 Å². The van der Waals surface area contributed by atoms with Crippen LogP contribution in [0, 0.1) is 17.2 Å². The van der Waals surface area contributed by atoms with Crippen LogP contribution < -0.4 is 9.64 Å². The minimum atomic E-state index is -4.80. The number of hydrogen-bond acceptors (Lipinski definition) is 6. The molecule has 1 aromatic heterocycles. The van der Waals surface area contributed by atoms with Crippen molar-refractivity contribution < 1.29 is 45.5 Å². The number of fused-ring (bicyclic) bond motifs is 3. The number of amides is 1. The molecule has 7 rings (SSSR count). The van der Waals surface area contributed by atoms with Gasteiger partial charge in [0.15, 0.2) is 11.4 Å². The zero-order chi connectivity index (χ0) is 34.5. The number of aliphatic hydroxyl groups is 1. The highest BCUT2D eigenvalue weighted by atomic mass is 19.4. The van der Waals surface area contributed by atoms with Gasteiger partial charge in [0.05, 0.1) is 6.61 Å². The van der Waals surface area contributed by atoms with Crippen LogP contribution in [-0.2, 0) is 16.1 Å². The van der Waals surface area contributed by atoms with E-state index >= 15 is 4.39 Å². The fourth-order valence-electron chi connectivity index (χ4n) is 7.73. The van der Waals surface area contributed by atoms with Gasteiger partial charge in [-0.3, -0.25) is 4.79 Å². The first-order valence-electron chi connectivity index (χ1n) is 16.4. The molecule has 260 valence electrons. The Labute approximate surface area is 274 Å². The largest absolute Gasteiger partial charge is 0.494 e. The van der Waals surface area contributed by atoms with Crippen molar-refractivity contribution in [3.63, 3.8) is 0 Å². The van der Waals surface area contributed by atoms with Crippen LogP contribution in [0.1, 0.15) is 89.8 Å². The number of aromatic nitrogens is 2. The van der Waals surface area contributed by atoms with Crippen molar-refractivity contribution in [2.45, 2.75) is 101 Å². The van der Waals surface area contributed by atoms with Crippen molar-refractivity contribution in [3.8, 4) is 16.9 Å². The number of ether oxygens (including phenoxy) is 1. The maximum Gasteiger partial charge on any atom is 0.417 e. The lowest BCUT2D eigenvalue weighted by Gasteiger charge is -2.53. The predicted molar refractivity (Wildman–Crippen MR) is 164 cm³/mol. The molecule has 48 heavy (non-hydrogen) atoms. The van der Waals surface area contributed by atoms with E-state index in [0.29, 0.717) is 69.1 Å². The van der Waals surface area contributed by atoms with E-state index in [1.165, 1.54) is 12.1 Å². The maximum absolute atomic E-state index is 15.3. The molecular formula is C35H39F6N3O4. The van der Waals surface area contributed by atoms with Crippen molar-refractivity contribution in [1.82, 2.24) is 10.1 Å².